The molecule has 0 spiro atoms. The molecule has 2 aromatic carbocycles. The number of fused-ring (bicyclic) bond motifs is 2. The molecule has 0 fully saturated rings. The summed E-state index contributed by atoms with van der Waals surface area (Å²) in [5.74, 6) is -2.95. The number of anilines is 2. The number of ether oxygens (including phenoxy) is 2. The summed E-state index contributed by atoms with van der Waals surface area (Å²) in [7, 11) is 3.46. The highest BCUT2D eigenvalue weighted by molar-refractivity contribution is 6.32. The van der Waals surface area contributed by atoms with Crippen molar-refractivity contribution < 1.29 is 40.7 Å². The van der Waals surface area contributed by atoms with Crippen molar-refractivity contribution in [3.05, 3.63) is 117 Å². The number of nitrogen functional groups attached to an aromatic ring is 2. The van der Waals surface area contributed by atoms with Gasteiger partial charge >= 0.3 is 0 Å². The number of nitrogens with two attached hydrogens (primary N) is 2. The highest BCUT2D eigenvalue weighted by atomic mass is 35.5. The number of nitrogens with zero attached hydrogens (tertiary/aromatic N) is 5. The number of hydrogen-bond donors (Lipinski definition) is 2. The minimum absolute atomic E-state index is 0.00249. The second kappa shape index (κ2) is 17.2. The summed E-state index contributed by atoms with van der Waals surface area (Å²) in [6.45, 7) is 5.03. The van der Waals surface area contributed by atoms with E-state index in [0.717, 1.165) is 46.5 Å². The van der Waals surface area contributed by atoms with Gasteiger partial charge in [0, 0.05) is 74.9 Å². The van der Waals surface area contributed by atoms with Crippen LogP contribution in [0.2, 0.25) is 10.0 Å². The van der Waals surface area contributed by atoms with E-state index >= 15 is 0 Å². The zero-order valence-corrected chi connectivity index (χ0v) is 35.5. The average molecular weight is 895 g/mol. The van der Waals surface area contributed by atoms with Crippen LogP contribution in [0.25, 0.3) is 33.1 Å². The topological polar surface area (TPSA) is 149 Å². The lowest BCUT2D eigenvalue weighted by Crippen LogP contribution is -2.58. The van der Waals surface area contributed by atoms with Crippen LogP contribution in [0.5, 0.6) is 11.5 Å². The molecule has 2 aliphatic rings. The predicted molar refractivity (Wildman–Crippen MR) is 228 cm³/mol. The number of furan rings is 2. The second-order valence-corrected chi connectivity index (χ2v) is 16.1. The first-order chi connectivity index (χ1) is 29.6. The van der Waals surface area contributed by atoms with E-state index in [4.69, 9.17) is 53.0 Å². The van der Waals surface area contributed by atoms with Gasteiger partial charge in [0.25, 0.3) is 5.91 Å². The molecule has 2 aliphatic heterocycles. The standard InChI is InChI=1S/C44H41Cl2F4N7O5/c1-21(33-29(47)5-7-31(49)35(33)45)61-39-37-25(17-53-41(39)51)27(19-59-37)23-9-13-56(14-10-23)43(44(58)55(3)4)57-15-11-24(12-16-57)28-20-60-38-26(28)18-54-42(52)40(38)62-22(2)34-30(48)6-8-32(50)36(34)46/h5-9,11,17-22,43H,10,12-16H2,1-4H3,(H2,51,53)(H2,52,54)/t21-,22-/m1/s1. The quantitative estimate of drug-likeness (QED) is 0.0946. The van der Waals surface area contributed by atoms with Crippen LogP contribution in [0.3, 0.4) is 0 Å². The first-order valence-electron chi connectivity index (χ1n) is 19.6. The lowest BCUT2D eigenvalue weighted by molar-refractivity contribution is -0.141. The van der Waals surface area contributed by atoms with Crippen molar-refractivity contribution in [2.24, 2.45) is 0 Å². The Hall–Kier alpha value is -5.81. The number of pyridine rings is 2. The van der Waals surface area contributed by atoms with Crippen LogP contribution in [-0.2, 0) is 4.79 Å². The lowest BCUT2D eigenvalue weighted by Gasteiger charge is -2.42. The van der Waals surface area contributed by atoms with Gasteiger partial charge in [-0.1, -0.05) is 35.4 Å². The molecule has 0 saturated heterocycles. The van der Waals surface area contributed by atoms with Crippen LogP contribution >= 0.6 is 23.2 Å². The van der Waals surface area contributed by atoms with E-state index in [1.54, 1.807) is 43.9 Å². The first kappa shape index (κ1) is 42.9. The molecule has 0 radical (unpaired) electrons. The number of carbonyl (C=O) groups excluding carboxylic acids is 1. The van der Waals surface area contributed by atoms with Crippen LogP contribution in [-0.4, -0.2) is 77.0 Å². The van der Waals surface area contributed by atoms with E-state index in [9.17, 15) is 22.4 Å². The van der Waals surface area contributed by atoms with Crippen LogP contribution in [0, 0.1) is 23.3 Å². The molecule has 4 N–H and O–H groups in total. The number of benzene rings is 2. The van der Waals surface area contributed by atoms with Gasteiger partial charge in [0.1, 0.15) is 41.6 Å². The smallest absolute Gasteiger partial charge is 0.254 e. The van der Waals surface area contributed by atoms with Gasteiger partial charge < -0.3 is 34.7 Å². The Morgan fingerprint density at radius 2 is 1.13 bits per heavy atom. The van der Waals surface area contributed by atoms with Crippen LogP contribution in [0.1, 0.15) is 61.2 Å². The van der Waals surface area contributed by atoms with Crippen molar-refractivity contribution in [1.29, 1.82) is 0 Å². The molecule has 2 atom stereocenters. The summed E-state index contributed by atoms with van der Waals surface area (Å²) in [5.41, 5.74) is 16.1. The van der Waals surface area contributed by atoms with Crippen molar-refractivity contribution in [2.75, 3.05) is 51.7 Å². The van der Waals surface area contributed by atoms with Gasteiger partial charge in [-0.25, -0.2) is 27.5 Å². The van der Waals surface area contributed by atoms with E-state index in [1.165, 1.54) is 13.8 Å². The van der Waals surface area contributed by atoms with Crippen molar-refractivity contribution in [2.45, 2.75) is 45.1 Å². The number of likely N-dealkylation sites (N-methyl/N-ethyl adjacent to an activating group) is 1. The molecule has 18 heteroatoms. The number of halogens is 6. The van der Waals surface area contributed by atoms with Crippen molar-refractivity contribution >= 4 is 73.8 Å². The third-order valence-electron chi connectivity index (χ3n) is 11.3. The molecule has 4 aromatic heterocycles. The van der Waals surface area contributed by atoms with E-state index < -0.39 is 51.7 Å². The number of carbonyl (C=O) groups is 1. The lowest BCUT2D eigenvalue weighted by atomic mass is 9.97. The van der Waals surface area contributed by atoms with Gasteiger partial charge in [-0.05, 0) is 62.1 Å². The summed E-state index contributed by atoms with van der Waals surface area (Å²) < 4.78 is 81.9. The summed E-state index contributed by atoms with van der Waals surface area (Å²) in [5, 5.41) is 0.448. The SMILES string of the molecule is C[C@@H](Oc1c(N)ncc2c(C3=CCN(C(C(=O)N(C)C)N4CC=C(c5coc6c(O[C@H](C)c7c(F)ccc(F)c7Cl)c(N)ncc56)CC4)CC3)coc12)c1c(F)ccc(F)c1Cl. The fraction of sp³-hybridized carbons (Fsp3) is 0.295. The molecular formula is C44H41Cl2F4N7O5. The molecule has 6 heterocycles. The molecule has 324 valence electrons. The Labute approximate surface area is 363 Å². The summed E-state index contributed by atoms with van der Waals surface area (Å²) in [6, 6.07) is 3.84. The Morgan fingerprint density at radius 1 is 0.726 bits per heavy atom. The summed E-state index contributed by atoms with van der Waals surface area (Å²) in [6.07, 6.45) is 8.91. The van der Waals surface area contributed by atoms with E-state index in [2.05, 4.69) is 19.8 Å². The summed E-state index contributed by atoms with van der Waals surface area (Å²) >= 11 is 12.2. The highest BCUT2D eigenvalue weighted by Crippen LogP contribution is 2.43. The average Bonchev–Trinajstić information content (AvgIpc) is 3.89. The monoisotopic (exact) mass is 893 g/mol. The zero-order chi connectivity index (χ0) is 44.1. The van der Waals surface area contributed by atoms with Crippen molar-refractivity contribution in [3.8, 4) is 11.5 Å². The third-order valence-corrected chi connectivity index (χ3v) is 12.1. The molecule has 0 unspecified atom stereocenters. The van der Waals surface area contributed by atoms with E-state index in [1.807, 2.05) is 12.2 Å². The molecular weight excluding hydrogens is 853 g/mol. The molecule has 6 aromatic rings. The number of rotatable bonds is 11. The molecule has 0 saturated carbocycles. The number of hydrogen-bond acceptors (Lipinski definition) is 11. The maximum absolute atomic E-state index is 14.7. The first-order valence-corrected chi connectivity index (χ1v) is 20.4. The van der Waals surface area contributed by atoms with Gasteiger partial charge in [-0.2, -0.15) is 0 Å². The van der Waals surface area contributed by atoms with Crippen molar-refractivity contribution in [1.82, 2.24) is 24.7 Å². The Kier molecular flexibility index (Phi) is 11.9. The summed E-state index contributed by atoms with van der Waals surface area (Å²) in [4.78, 5) is 28.3. The maximum atomic E-state index is 14.7. The van der Waals surface area contributed by atoms with Crippen LogP contribution in [0.4, 0.5) is 29.2 Å². The van der Waals surface area contributed by atoms with Gasteiger partial charge in [-0.15, -0.1) is 0 Å². The molecule has 62 heavy (non-hydrogen) atoms. The Balaban J connectivity index is 1.00. The minimum atomic E-state index is -1.03. The van der Waals surface area contributed by atoms with Gasteiger partial charge in [0.05, 0.1) is 33.3 Å². The van der Waals surface area contributed by atoms with Crippen LogP contribution in [0.15, 0.2) is 70.2 Å². The van der Waals surface area contributed by atoms with Crippen LogP contribution < -0.4 is 20.9 Å². The fourth-order valence-corrected chi connectivity index (χ4v) is 8.68. The number of aromatic nitrogens is 2. The van der Waals surface area contributed by atoms with Gasteiger partial charge in [-0.3, -0.25) is 14.6 Å². The second-order valence-electron chi connectivity index (χ2n) is 15.3. The number of amides is 1. The normalized spacial score (nSPS) is 16.1. The third kappa shape index (κ3) is 7.80. The van der Waals surface area contributed by atoms with E-state index in [-0.39, 0.29) is 40.2 Å². The van der Waals surface area contributed by atoms with E-state index in [0.29, 0.717) is 61.0 Å². The minimum Gasteiger partial charge on any atom is -0.478 e. The molecule has 0 aliphatic carbocycles. The van der Waals surface area contributed by atoms with Crippen molar-refractivity contribution in [3.63, 3.8) is 0 Å². The molecule has 8 rings (SSSR count). The predicted octanol–water partition coefficient (Wildman–Crippen LogP) is 9.57. The Morgan fingerprint density at radius 3 is 1.50 bits per heavy atom. The van der Waals surface area contributed by atoms with Gasteiger partial charge in [0.2, 0.25) is 11.5 Å². The Bertz CT molecular complexity index is 2620. The molecule has 12 nitrogen and oxygen atoms in total. The molecule has 0 bridgehead atoms. The zero-order valence-electron chi connectivity index (χ0n) is 33.9. The maximum Gasteiger partial charge on any atom is 0.254 e. The molecule has 1 amide bonds. The fourth-order valence-electron chi connectivity index (χ4n) is 8.07. The van der Waals surface area contributed by atoms with Gasteiger partial charge in [0.15, 0.2) is 22.8 Å². The largest absolute Gasteiger partial charge is 0.478 e. The highest BCUT2D eigenvalue weighted by Gasteiger charge is 2.36.